The van der Waals surface area contributed by atoms with E-state index in [1.54, 1.807) is 6.07 Å². The van der Waals surface area contributed by atoms with E-state index in [1.807, 2.05) is 0 Å². The van der Waals surface area contributed by atoms with Crippen LogP contribution in [-0.2, 0) is 6.42 Å². The zero-order valence-corrected chi connectivity index (χ0v) is 7.81. The van der Waals surface area contributed by atoms with Crippen LogP contribution in [0.15, 0.2) is 6.07 Å². The molecule has 1 rings (SSSR count). The molecule has 5 heteroatoms. The molecule has 0 aliphatic heterocycles. The van der Waals surface area contributed by atoms with E-state index in [1.165, 1.54) is 0 Å². The van der Waals surface area contributed by atoms with Gasteiger partial charge in [-0.1, -0.05) is 23.2 Å². The summed E-state index contributed by atoms with van der Waals surface area (Å²) in [4.78, 5) is 0. The van der Waals surface area contributed by atoms with Gasteiger partial charge in [0, 0.05) is 6.61 Å². The van der Waals surface area contributed by atoms with Crippen LogP contribution in [-0.4, -0.2) is 21.9 Å². The molecule has 1 aromatic rings. The van der Waals surface area contributed by atoms with Crippen LogP contribution in [0.25, 0.3) is 0 Å². The predicted molar refractivity (Wildman–Crippen MR) is 47.5 cm³/mol. The SMILES string of the molecule is OCCCc1cc(Cl)nnc1Cl. The van der Waals surface area contributed by atoms with Crippen molar-refractivity contribution >= 4 is 23.2 Å². The minimum absolute atomic E-state index is 0.135. The Balaban J connectivity index is 2.75. The molecule has 0 spiro atoms. The van der Waals surface area contributed by atoms with E-state index < -0.39 is 0 Å². The second-order valence-electron chi connectivity index (χ2n) is 2.31. The van der Waals surface area contributed by atoms with Gasteiger partial charge >= 0.3 is 0 Å². The third kappa shape index (κ3) is 2.59. The van der Waals surface area contributed by atoms with E-state index in [0.717, 1.165) is 5.56 Å². The number of aromatic nitrogens is 2. The first kappa shape index (κ1) is 9.71. The lowest BCUT2D eigenvalue weighted by Crippen LogP contribution is -1.94. The van der Waals surface area contributed by atoms with Gasteiger partial charge in [0.25, 0.3) is 0 Å². The van der Waals surface area contributed by atoms with E-state index in [0.29, 0.717) is 23.1 Å². The number of aryl methyl sites for hydroxylation is 1. The number of hydrogen-bond acceptors (Lipinski definition) is 3. The molecule has 0 aliphatic rings. The van der Waals surface area contributed by atoms with Gasteiger partial charge in [0.2, 0.25) is 0 Å². The number of hydrogen-bond donors (Lipinski definition) is 1. The highest BCUT2D eigenvalue weighted by atomic mass is 35.5. The summed E-state index contributed by atoms with van der Waals surface area (Å²) >= 11 is 11.3. The fourth-order valence-corrected chi connectivity index (χ4v) is 1.19. The Kier molecular flexibility index (Phi) is 3.72. The molecule has 3 nitrogen and oxygen atoms in total. The molecule has 0 radical (unpaired) electrons. The Labute approximate surface area is 80.3 Å². The monoisotopic (exact) mass is 206 g/mol. The highest BCUT2D eigenvalue weighted by Gasteiger charge is 2.02. The van der Waals surface area contributed by atoms with Gasteiger partial charge in [-0.15, -0.1) is 10.2 Å². The van der Waals surface area contributed by atoms with Crippen molar-refractivity contribution in [2.45, 2.75) is 12.8 Å². The Bertz CT molecular complexity index is 268. The van der Waals surface area contributed by atoms with Crippen molar-refractivity contribution in [1.82, 2.24) is 10.2 Å². The highest BCUT2D eigenvalue weighted by Crippen LogP contribution is 2.16. The fraction of sp³-hybridized carbons (Fsp3) is 0.429. The lowest BCUT2D eigenvalue weighted by atomic mass is 10.2. The molecule has 12 heavy (non-hydrogen) atoms. The molecule has 0 amide bonds. The molecule has 0 saturated carbocycles. The fourth-order valence-electron chi connectivity index (χ4n) is 0.833. The number of aliphatic hydroxyl groups is 1. The van der Waals surface area contributed by atoms with Gasteiger partial charge in [-0.2, -0.15) is 0 Å². The summed E-state index contributed by atoms with van der Waals surface area (Å²) in [7, 11) is 0. The molecular weight excluding hydrogens is 199 g/mol. The highest BCUT2D eigenvalue weighted by molar-refractivity contribution is 6.31. The van der Waals surface area contributed by atoms with Gasteiger partial charge in [0.15, 0.2) is 10.3 Å². The van der Waals surface area contributed by atoms with Crippen molar-refractivity contribution in [3.8, 4) is 0 Å². The third-order valence-corrected chi connectivity index (χ3v) is 1.90. The second-order valence-corrected chi connectivity index (χ2v) is 3.06. The van der Waals surface area contributed by atoms with E-state index in [-0.39, 0.29) is 6.61 Å². The van der Waals surface area contributed by atoms with Crippen LogP contribution in [0.3, 0.4) is 0 Å². The van der Waals surface area contributed by atoms with Gasteiger partial charge < -0.3 is 5.11 Å². The topological polar surface area (TPSA) is 46.0 Å². The van der Waals surface area contributed by atoms with Gasteiger partial charge in [-0.3, -0.25) is 0 Å². The standard InChI is InChI=1S/C7H8Cl2N2O/c8-6-4-5(2-1-3-12)7(9)11-10-6/h4,12H,1-3H2. The van der Waals surface area contributed by atoms with E-state index in [9.17, 15) is 0 Å². The molecule has 0 unspecified atom stereocenters. The summed E-state index contributed by atoms with van der Waals surface area (Å²) in [6.07, 6.45) is 1.33. The van der Waals surface area contributed by atoms with Gasteiger partial charge in [0.05, 0.1) is 0 Å². The molecule has 0 aromatic carbocycles. The largest absolute Gasteiger partial charge is 0.396 e. The molecule has 1 heterocycles. The van der Waals surface area contributed by atoms with Crippen LogP contribution in [0.5, 0.6) is 0 Å². The number of halogens is 2. The molecule has 1 N–H and O–H groups in total. The molecule has 0 fully saturated rings. The lowest BCUT2D eigenvalue weighted by Gasteiger charge is -2.00. The minimum Gasteiger partial charge on any atom is -0.396 e. The Morgan fingerprint density at radius 1 is 1.33 bits per heavy atom. The molecule has 0 atom stereocenters. The smallest absolute Gasteiger partial charge is 0.155 e. The zero-order chi connectivity index (χ0) is 8.97. The van der Waals surface area contributed by atoms with Gasteiger partial charge in [-0.05, 0) is 24.5 Å². The quantitative estimate of drug-likeness (QED) is 0.820. The molecular formula is C7H8Cl2N2O. The summed E-state index contributed by atoms with van der Waals surface area (Å²) < 4.78 is 0. The Hall–Kier alpha value is -0.380. The average molecular weight is 207 g/mol. The van der Waals surface area contributed by atoms with Crippen LogP contribution in [0.4, 0.5) is 0 Å². The van der Waals surface area contributed by atoms with Gasteiger partial charge in [0.1, 0.15) is 0 Å². The van der Waals surface area contributed by atoms with Crippen LogP contribution < -0.4 is 0 Å². The number of aliphatic hydroxyl groups excluding tert-OH is 1. The molecule has 1 aromatic heterocycles. The first-order chi connectivity index (χ1) is 5.74. The summed E-state index contributed by atoms with van der Waals surface area (Å²) in [5.41, 5.74) is 0.825. The minimum atomic E-state index is 0.135. The van der Waals surface area contributed by atoms with Crippen LogP contribution in [0.2, 0.25) is 10.3 Å². The normalized spacial score (nSPS) is 10.2. The maximum Gasteiger partial charge on any atom is 0.155 e. The van der Waals surface area contributed by atoms with Crippen LogP contribution >= 0.6 is 23.2 Å². The zero-order valence-electron chi connectivity index (χ0n) is 6.30. The summed E-state index contributed by atoms with van der Waals surface area (Å²) in [6.45, 7) is 0.135. The van der Waals surface area contributed by atoms with Crippen molar-refractivity contribution in [3.63, 3.8) is 0 Å². The first-order valence-electron chi connectivity index (χ1n) is 3.52. The second kappa shape index (κ2) is 4.60. The van der Waals surface area contributed by atoms with E-state index >= 15 is 0 Å². The summed E-state index contributed by atoms with van der Waals surface area (Å²) in [5.74, 6) is 0. The van der Waals surface area contributed by atoms with Crippen molar-refractivity contribution in [2.24, 2.45) is 0 Å². The van der Waals surface area contributed by atoms with Crippen molar-refractivity contribution < 1.29 is 5.11 Å². The van der Waals surface area contributed by atoms with E-state index in [4.69, 9.17) is 28.3 Å². The summed E-state index contributed by atoms with van der Waals surface area (Å²) in [5, 5.41) is 16.5. The van der Waals surface area contributed by atoms with Crippen molar-refractivity contribution in [2.75, 3.05) is 6.61 Å². The lowest BCUT2D eigenvalue weighted by molar-refractivity contribution is 0.288. The molecule has 66 valence electrons. The molecule has 0 aliphatic carbocycles. The van der Waals surface area contributed by atoms with Crippen LogP contribution in [0, 0.1) is 0 Å². The van der Waals surface area contributed by atoms with Crippen LogP contribution in [0.1, 0.15) is 12.0 Å². The number of nitrogens with zero attached hydrogens (tertiary/aromatic N) is 2. The summed E-state index contributed by atoms with van der Waals surface area (Å²) in [6, 6.07) is 1.66. The first-order valence-corrected chi connectivity index (χ1v) is 4.28. The Morgan fingerprint density at radius 3 is 2.75 bits per heavy atom. The average Bonchev–Trinajstić information content (AvgIpc) is 2.07. The predicted octanol–water partition coefficient (Wildman–Crippen LogP) is 1.71. The molecule has 0 bridgehead atoms. The third-order valence-electron chi connectivity index (χ3n) is 1.40. The van der Waals surface area contributed by atoms with E-state index in [2.05, 4.69) is 10.2 Å². The van der Waals surface area contributed by atoms with Crippen molar-refractivity contribution in [3.05, 3.63) is 21.9 Å². The van der Waals surface area contributed by atoms with Crippen molar-refractivity contribution in [1.29, 1.82) is 0 Å². The maximum absolute atomic E-state index is 8.58. The number of rotatable bonds is 3. The maximum atomic E-state index is 8.58. The molecule has 0 saturated heterocycles. The Morgan fingerprint density at radius 2 is 2.08 bits per heavy atom. The van der Waals surface area contributed by atoms with Gasteiger partial charge in [-0.25, -0.2) is 0 Å².